The normalized spacial score (nSPS) is 24.5. The van der Waals surface area contributed by atoms with E-state index in [9.17, 15) is 14.4 Å². The third-order valence-electron chi connectivity index (χ3n) is 4.49. The zero-order valence-electron chi connectivity index (χ0n) is 13.0. The Morgan fingerprint density at radius 1 is 1.13 bits per heavy atom. The number of allylic oxidation sites excluding steroid dienone is 2. The van der Waals surface area contributed by atoms with Gasteiger partial charge in [-0.1, -0.05) is 42.5 Å². The molecule has 3 rings (SSSR count). The average Bonchev–Trinajstić information content (AvgIpc) is 2.84. The van der Waals surface area contributed by atoms with Gasteiger partial charge in [-0.3, -0.25) is 14.5 Å². The lowest BCUT2D eigenvalue weighted by Gasteiger charge is -2.21. The minimum absolute atomic E-state index is 0.134. The van der Waals surface area contributed by atoms with Crippen LogP contribution in [-0.2, 0) is 25.7 Å². The molecule has 0 spiro atoms. The Hall–Kier alpha value is -2.43. The second-order valence-corrected chi connectivity index (χ2v) is 5.97. The molecule has 1 aliphatic heterocycles. The van der Waals surface area contributed by atoms with Crippen molar-refractivity contribution in [3.8, 4) is 0 Å². The van der Waals surface area contributed by atoms with Gasteiger partial charge in [-0.05, 0) is 25.3 Å². The first-order valence-electron chi connectivity index (χ1n) is 7.82. The molecule has 23 heavy (non-hydrogen) atoms. The van der Waals surface area contributed by atoms with Crippen molar-refractivity contribution in [1.29, 1.82) is 0 Å². The highest BCUT2D eigenvalue weighted by molar-refractivity contribution is 6.08. The Kier molecular flexibility index (Phi) is 4.28. The number of imide groups is 1. The Morgan fingerprint density at radius 2 is 1.70 bits per heavy atom. The predicted molar refractivity (Wildman–Crippen MR) is 82.9 cm³/mol. The van der Waals surface area contributed by atoms with Crippen LogP contribution >= 0.6 is 0 Å². The third-order valence-corrected chi connectivity index (χ3v) is 4.49. The van der Waals surface area contributed by atoms with Crippen LogP contribution in [0.25, 0.3) is 0 Å². The molecule has 3 atom stereocenters. The van der Waals surface area contributed by atoms with E-state index in [-0.39, 0.29) is 30.3 Å². The maximum atomic E-state index is 12.4. The highest BCUT2D eigenvalue weighted by Gasteiger charge is 2.50. The summed E-state index contributed by atoms with van der Waals surface area (Å²) in [6, 6.07) is 8.42. The lowest BCUT2D eigenvalue weighted by atomic mass is 9.85. The maximum Gasteiger partial charge on any atom is 0.329 e. The zero-order chi connectivity index (χ0) is 16.4. The van der Waals surface area contributed by atoms with Crippen molar-refractivity contribution in [2.24, 2.45) is 11.8 Å². The second-order valence-electron chi connectivity index (χ2n) is 5.97. The van der Waals surface area contributed by atoms with Crippen LogP contribution < -0.4 is 0 Å². The van der Waals surface area contributed by atoms with Crippen molar-refractivity contribution in [1.82, 2.24) is 4.90 Å². The molecule has 1 aromatic rings. The fourth-order valence-corrected chi connectivity index (χ4v) is 3.16. The van der Waals surface area contributed by atoms with Crippen LogP contribution in [0, 0.1) is 11.8 Å². The Morgan fingerprint density at radius 3 is 2.26 bits per heavy atom. The third kappa shape index (κ3) is 2.91. The van der Waals surface area contributed by atoms with Gasteiger partial charge in [0.25, 0.3) is 0 Å². The molecule has 1 aliphatic carbocycles. The summed E-state index contributed by atoms with van der Waals surface area (Å²) in [6.45, 7) is 1.68. The molecule has 0 unspecified atom stereocenters. The fraction of sp³-hybridized carbons (Fsp3) is 0.389. The number of carbonyl (C=O) groups excluding carboxylic acids is 3. The number of esters is 1. The minimum Gasteiger partial charge on any atom is -0.459 e. The number of fused-ring (bicyclic) bond motifs is 1. The summed E-state index contributed by atoms with van der Waals surface area (Å²) in [5, 5.41) is 0. The van der Waals surface area contributed by atoms with Crippen LogP contribution in [0.3, 0.4) is 0 Å². The van der Waals surface area contributed by atoms with Crippen LogP contribution in [-0.4, -0.2) is 28.7 Å². The number of hydrogen-bond donors (Lipinski definition) is 0. The number of benzene rings is 1. The summed E-state index contributed by atoms with van der Waals surface area (Å²) in [7, 11) is 0. The van der Waals surface area contributed by atoms with Crippen molar-refractivity contribution in [2.75, 3.05) is 0 Å². The molecule has 5 heteroatoms. The maximum absolute atomic E-state index is 12.4. The SMILES string of the molecule is C[C@@H](C(=O)OCc1ccccc1)N1C(=O)[C@H]2CC=CC[C@H]2C1=O. The van der Waals surface area contributed by atoms with E-state index in [4.69, 9.17) is 4.74 Å². The summed E-state index contributed by atoms with van der Waals surface area (Å²) in [4.78, 5) is 38.2. The summed E-state index contributed by atoms with van der Waals surface area (Å²) in [6.07, 6.45) is 4.98. The van der Waals surface area contributed by atoms with Crippen LogP contribution in [0.2, 0.25) is 0 Å². The van der Waals surface area contributed by atoms with Gasteiger partial charge in [-0.25, -0.2) is 4.79 Å². The first kappa shape index (κ1) is 15.5. The van der Waals surface area contributed by atoms with E-state index in [0.29, 0.717) is 12.8 Å². The van der Waals surface area contributed by atoms with Crippen molar-refractivity contribution in [3.63, 3.8) is 0 Å². The molecule has 5 nitrogen and oxygen atoms in total. The standard InChI is InChI=1S/C18H19NO4/c1-12(18(22)23-11-13-7-3-2-4-8-13)19-16(20)14-9-5-6-10-15(14)17(19)21/h2-8,12,14-15H,9-11H2,1H3/t12-,14-,15+/m0/s1. The van der Waals surface area contributed by atoms with Gasteiger partial charge < -0.3 is 4.74 Å². The number of amides is 2. The average molecular weight is 313 g/mol. The first-order valence-corrected chi connectivity index (χ1v) is 7.82. The second kappa shape index (κ2) is 6.36. The molecule has 0 N–H and O–H groups in total. The number of hydrogen-bond acceptors (Lipinski definition) is 4. The minimum atomic E-state index is -0.885. The van der Waals surface area contributed by atoms with E-state index < -0.39 is 12.0 Å². The van der Waals surface area contributed by atoms with Gasteiger partial charge in [-0.2, -0.15) is 0 Å². The monoisotopic (exact) mass is 313 g/mol. The predicted octanol–water partition coefficient (Wildman–Crippen LogP) is 2.07. The summed E-state index contributed by atoms with van der Waals surface area (Å²) < 4.78 is 5.25. The topological polar surface area (TPSA) is 63.7 Å². The van der Waals surface area contributed by atoms with Crippen molar-refractivity contribution >= 4 is 17.8 Å². The van der Waals surface area contributed by atoms with Gasteiger partial charge in [0.15, 0.2) is 0 Å². The molecule has 2 aliphatic rings. The molecular weight excluding hydrogens is 294 g/mol. The number of likely N-dealkylation sites (tertiary alicyclic amines) is 1. The first-order chi connectivity index (χ1) is 11.1. The lowest BCUT2D eigenvalue weighted by Crippen LogP contribution is -2.44. The van der Waals surface area contributed by atoms with Crippen LogP contribution in [0.15, 0.2) is 42.5 Å². The Balaban J connectivity index is 1.65. The molecule has 0 bridgehead atoms. The fourth-order valence-electron chi connectivity index (χ4n) is 3.16. The van der Waals surface area contributed by atoms with E-state index in [1.54, 1.807) is 6.92 Å². The molecule has 1 aromatic carbocycles. The van der Waals surface area contributed by atoms with Crippen molar-refractivity contribution in [3.05, 3.63) is 48.0 Å². The van der Waals surface area contributed by atoms with E-state index in [1.807, 2.05) is 42.5 Å². The van der Waals surface area contributed by atoms with Gasteiger partial charge in [0.05, 0.1) is 11.8 Å². The molecule has 0 aromatic heterocycles. The molecule has 0 saturated carbocycles. The van der Waals surface area contributed by atoms with Crippen molar-refractivity contribution in [2.45, 2.75) is 32.4 Å². The van der Waals surface area contributed by atoms with Gasteiger partial charge in [-0.15, -0.1) is 0 Å². The lowest BCUT2D eigenvalue weighted by molar-refractivity contribution is -0.159. The van der Waals surface area contributed by atoms with E-state index in [1.165, 1.54) is 0 Å². The van der Waals surface area contributed by atoms with Gasteiger partial charge in [0.1, 0.15) is 12.6 Å². The molecule has 1 saturated heterocycles. The van der Waals surface area contributed by atoms with Gasteiger partial charge in [0, 0.05) is 0 Å². The zero-order valence-corrected chi connectivity index (χ0v) is 13.0. The van der Waals surface area contributed by atoms with Crippen LogP contribution in [0.1, 0.15) is 25.3 Å². The van der Waals surface area contributed by atoms with Crippen molar-refractivity contribution < 1.29 is 19.1 Å². The van der Waals surface area contributed by atoms with Gasteiger partial charge in [0.2, 0.25) is 11.8 Å². The molecule has 1 fully saturated rings. The molecule has 0 radical (unpaired) electrons. The Bertz CT molecular complexity index is 626. The molecule has 1 heterocycles. The van der Waals surface area contributed by atoms with Gasteiger partial charge >= 0.3 is 5.97 Å². The highest BCUT2D eigenvalue weighted by atomic mass is 16.5. The smallest absolute Gasteiger partial charge is 0.329 e. The number of rotatable bonds is 4. The number of carbonyl (C=O) groups is 3. The number of ether oxygens (including phenoxy) is 1. The summed E-state index contributed by atoms with van der Waals surface area (Å²) >= 11 is 0. The molecule has 120 valence electrons. The Labute approximate surface area is 134 Å². The van der Waals surface area contributed by atoms with E-state index >= 15 is 0 Å². The molecular formula is C18H19NO4. The summed E-state index contributed by atoms with van der Waals surface area (Å²) in [5.41, 5.74) is 0.866. The number of nitrogens with zero attached hydrogens (tertiary/aromatic N) is 1. The quantitative estimate of drug-likeness (QED) is 0.485. The van der Waals surface area contributed by atoms with Crippen LogP contribution in [0.4, 0.5) is 0 Å². The van der Waals surface area contributed by atoms with Crippen LogP contribution in [0.5, 0.6) is 0 Å². The largest absolute Gasteiger partial charge is 0.459 e. The van der Waals surface area contributed by atoms with E-state index in [0.717, 1.165) is 10.5 Å². The highest BCUT2D eigenvalue weighted by Crippen LogP contribution is 2.36. The summed E-state index contributed by atoms with van der Waals surface area (Å²) in [5.74, 6) is -1.71. The van der Waals surface area contributed by atoms with E-state index in [2.05, 4.69) is 0 Å². The molecule has 2 amide bonds.